The van der Waals surface area contributed by atoms with Gasteiger partial charge in [0.1, 0.15) is 0 Å². The largest absolute Gasteiger partial charge is 0.376 e. The van der Waals surface area contributed by atoms with Gasteiger partial charge in [0.2, 0.25) is 0 Å². The number of hydrogen-bond donors (Lipinski definition) is 1. The Morgan fingerprint density at radius 3 is 3.00 bits per heavy atom. The summed E-state index contributed by atoms with van der Waals surface area (Å²) in [7, 11) is 2.05. The van der Waals surface area contributed by atoms with Crippen LogP contribution in [0.3, 0.4) is 0 Å². The zero-order valence-electron chi connectivity index (χ0n) is 13.0. The molecule has 0 radical (unpaired) electrons. The number of nitrogens with one attached hydrogen (secondary N) is 1. The van der Waals surface area contributed by atoms with Gasteiger partial charge in [-0.3, -0.25) is 4.99 Å². The summed E-state index contributed by atoms with van der Waals surface area (Å²) >= 11 is 1.69. The molecule has 1 aromatic rings. The van der Waals surface area contributed by atoms with Crippen molar-refractivity contribution in [2.45, 2.75) is 39.3 Å². The van der Waals surface area contributed by atoms with Crippen molar-refractivity contribution in [3.63, 3.8) is 0 Å². The second kappa shape index (κ2) is 9.58. The second-order valence-electron chi connectivity index (χ2n) is 5.04. The first-order valence-electron chi connectivity index (χ1n) is 7.21. The van der Waals surface area contributed by atoms with E-state index in [0.717, 1.165) is 55.7 Å². The average molecular weight is 424 g/mol. The molecule has 1 saturated heterocycles. The van der Waals surface area contributed by atoms with Crippen molar-refractivity contribution in [1.82, 2.24) is 15.2 Å². The maximum atomic E-state index is 5.62. The molecule has 1 N–H and O–H groups in total. The van der Waals surface area contributed by atoms with E-state index >= 15 is 0 Å². The van der Waals surface area contributed by atoms with E-state index in [4.69, 9.17) is 4.74 Å². The molecule has 2 heterocycles. The Kier molecular flexibility index (Phi) is 8.50. The highest BCUT2D eigenvalue weighted by Crippen LogP contribution is 2.13. The Bertz CT molecular complexity index is 446. The highest BCUT2D eigenvalue weighted by atomic mass is 127. The molecule has 120 valence electrons. The standard InChI is InChI=1S/C14H24N4OS.HI/c1-4-15-14(16-8-13-6-5-7-19-13)18(3)9-12-10-20-11(2)17-12;/h10,13H,4-9H2,1-3H3,(H,15,16);1H. The number of nitrogens with zero attached hydrogens (tertiary/aromatic N) is 3. The van der Waals surface area contributed by atoms with Crippen LogP contribution in [0.25, 0.3) is 0 Å². The Morgan fingerprint density at radius 2 is 2.43 bits per heavy atom. The Balaban J connectivity index is 0.00000220. The molecule has 5 nitrogen and oxygen atoms in total. The van der Waals surface area contributed by atoms with E-state index in [1.807, 2.05) is 14.0 Å². The first-order chi connectivity index (χ1) is 9.69. The summed E-state index contributed by atoms with van der Waals surface area (Å²) in [6.45, 7) is 7.38. The lowest BCUT2D eigenvalue weighted by Gasteiger charge is -2.21. The molecule has 0 aromatic carbocycles. The van der Waals surface area contributed by atoms with Crippen LogP contribution in [0.2, 0.25) is 0 Å². The Hall–Kier alpha value is -0.410. The molecule has 21 heavy (non-hydrogen) atoms. The van der Waals surface area contributed by atoms with E-state index in [1.54, 1.807) is 11.3 Å². The number of rotatable bonds is 5. The predicted octanol–water partition coefficient (Wildman–Crippen LogP) is 2.65. The van der Waals surface area contributed by atoms with Crippen LogP contribution in [0.4, 0.5) is 0 Å². The van der Waals surface area contributed by atoms with E-state index in [0.29, 0.717) is 6.10 Å². The van der Waals surface area contributed by atoms with E-state index in [2.05, 4.69) is 32.5 Å². The fraction of sp³-hybridized carbons (Fsp3) is 0.714. The molecule has 0 bridgehead atoms. The van der Waals surface area contributed by atoms with Gasteiger partial charge in [0.15, 0.2) is 5.96 Å². The Morgan fingerprint density at radius 1 is 1.62 bits per heavy atom. The van der Waals surface area contributed by atoms with Gasteiger partial charge in [-0.15, -0.1) is 35.3 Å². The number of aryl methyl sites for hydroxylation is 1. The minimum atomic E-state index is 0. The molecule has 0 saturated carbocycles. The van der Waals surface area contributed by atoms with E-state index < -0.39 is 0 Å². The maximum Gasteiger partial charge on any atom is 0.194 e. The smallest absolute Gasteiger partial charge is 0.194 e. The van der Waals surface area contributed by atoms with Crippen LogP contribution in [0.1, 0.15) is 30.5 Å². The van der Waals surface area contributed by atoms with Gasteiger partial charge < -0.3 is 15.0 Å². The highest BCUT2D eigenvalue weighted by Gasteiger charge is 2.16. The average Bonchev–Trinajstić information content (AvgIpc) is 3.06. The zero-order chi connectivity index (χ0) is 14.4. The molecular formula is C14H25IN4OS. The van der Waals surface area contributed by atoms with Crippen LogP contribution in [-0.2, 0) is 11.3 Å². The fourth-order valence-corrected chi connectivity index (χ4v) is 2.85. The number of ether oxygens (including phenoxy) is 1. The molecule has 0 aliphatic carbocycles. The van der Waals surface area contributed by atoms with Crippen LogP contribution < -0.4 is 5.32 Å². The van der Waals surface area contributed by atoms with Crippen molar-refractivity contribution in [1.29, 1.82) is 0 Å². The Labute approximate surface area is 148 Å². The zero-order valence-corrected chi connectivity index (χ0v) is 16.1. The van der Waals surface area contributed by atoms with Gasteiger partial charge in [0, 0.05) is 25.6 Å². The fourth-order valence-electron chi connectivity index (χ4n) is 2.25. The van der Waals surface area contributed by atoms with Crippen LogP contribution in [0.15, 0.2) is 10.4 Å². The molecule has 0 spiro atoms. The number of hydrogen-bond acceptors (Lipinski definition) is 4. The van der Waals surface area contributed by atoms with Crippen molar-refractivity contribution < 1.29 is 4.74 Å². The van der Waals surface area contributed by atoms with E-state index in [9.17, 15) is 0 Å². The van der Waals surface area contributed by atoms with Crippen molar-refractivity contribution in [2.75, 3.05) is 26.7 Å². The van der Waals surface area contributed by atoms with Crippen molar-refractivity contribution in [2.24, 2.45) is 4.99 Å². The summed E-state index contributed by atoms with van der Waals surface area (Å²) in [5.41, 5.74) is 1.10. The van der Waals surface area contributed by atoms with E-state index in [-0.39, 0.29) is 24.0 Å². The van der Waals surface area contributed by atoms with Crippen LogP contribution in [-0.4, -0.2) is 48.7 Å². The van der Waals surface area contributed by atoms with Gasteiger partial charge in [-0.2, -0.15) is 0 Å². The monoisotopic (exact) mass is 424 g/mol. The normalized spacial score (nSPS) is 18.4. The van der Waals surface area contributed by atoms with Gasteiger partial charge in [-0.1, -0.05) is 0 Å². The second-order valence-corrected chi connectivity index (χ2v) is 6.11. The molecule has 1 fully saturated rings. The number of halogens is 1. The van der Waals surface area contributed by atoms with Gasteiger partial charge in [0.05, 0.1) is 29.9 Å². The summed E-state index contributed by atoms with van der Waals surface area (Å²) < 4.78 is 5.62. The van der Waals surface area contributed by atoms with Gasteiger partial charge in [-0.05, 0) is 26.7 Å². The summed E-state index contributed by atoms with van der Waals surface area (Å²) in [6, 6.07) is 0. The minimum Gasteiger partial charge on any atom is -0.376 e. The lowest BCUT2D eigenvalue weighted by molar-refractivity contribution is 0.117. The van der Waals surface area contributed by atoms with Crippen LogP contribution in [0, 0.1) is 6.92 Å². The van der Waals surface area contributed by atoms with Gasteiger partial charge in [-0.25, -0.2) is 4.98 Å². The molecule has 1 aliphatic heterocycles. The molecule has 7 heteroatoms. The third-order valence-electron chi connectivity index (χ3n) is 3.23. The van der Waals surface area contributed by atoms with Crippen molar-refractivity contribution >= 4 is 41.3 Å². The third-order valence-corrected chi connectivity index (χ3v) is 4.05. The number of aromatic nitrogens is 1. The first kappa shape index (κ1) is 18.6. The molecule has 1 unspecified atom stereocenters. The van der Waals surface area contributed by atoms with Crippen LogP contribution >= 0.6 is 35.3 Å². The van der Waals surface area contributed by atoms with E-state index in [1.165, 1.54) is 0 Å². The number of guanidine groups is 1. The minimum absolute atomic E-state index is 0. The predicted molar refractivity (Wildman–Crippen MR) is 98.7 cm³/mol. The number of aliphatic imine (C=N–C) groups is 1. The first-order valence-corrected chi connectivity index (χ1v) is 8.09. The van der Waals surface area contributed by atoms with Crippen LogP contribution in [0.5, 0.6) is 0 Å². The van der Waals surface area contributed by atoms with Gasteiger partial charge >= 0.3 is 0 Å². The number of thiazole rings is 1. The molecule has 0 amide bonds. The summed E-state index contributed by atoms with van der Waals surface area (Å²) in [5, 5.41) is 6.54. The lowest BCUT2D eigenvalue weighted by Crippen LogP contribution is -2.39. The molecule has 2 rings (SSSR count). The molecule has 1 aromatic heterocycles. The summed E-state index contributed by atoms with van der Waals surface area (Å²) in [6.07, 6.45) is 2.57. The molecule has 1 atom stereocenters. The lowest BCUT2D eigenvalue weighted by atomic mass is 10.2. The summed E-state index contributed by atoms with van der Waals surface area (Å²) in [4.78, 5) is 11.3. The van der Waals surface area contributed by atoms with Crippen molar-refractivity contribution in [3.8, 4) is 0 Å². The van der Waals surface area contributed by atoms with Crippen molar-refractivity contribution in [3.05, 3.63) is 16.1 Å². The maximum absolute atomic E-state index is 5.62. The molecular weight excluding hydrogens is 399 g/mol. The summed E-state index contributed by atoms with van der Waals surface area (Å²) in [5.74, 6) is 0.925. The quantitative estimate of drug-likeness (QED) is 0.449. The topological polar surface area (TPSA) is 49.8 Å². The SMILES string of the molecule is CCNC(=NCC1CCCO1)N(C)Cc1csc(C)n1.I. The highest BCUT2D eigenvalue weighted by molar-refractivity contribution is 14.0. The van der Waals surface area contributed by atoms with Gasteiger partial charge in [0.25, 0.3) is 0 Å². The molecule has 1 aliphatic rings. The third kappa shape index (κ3) is 6.07.